The average molecular weight is 482 g/mol. The predicted molar refractivity (Wildman–Crippen MR) is 141 cm³/mol. The Hall–Kier alpha value is -4.09. The Bertz CT molecular complexity index is 1230. The third kappa shape index (κ3) is 6.74. The van der Waals surface area contributed by atoms with E-state index in [0.29, 0.717) is 30.3 Å². The number of likely N-dealkylation sites (N-methyl/N-ethyl adjacent to an activating group) is 1. The molecular weight excluding hydrogens is 450 g/mol. The maximum absolute atomic E-state index is 13.2. The highest BCUT2D eigenvalue weighted by Gasteiger charge is 2.24. The van der Waals surface area contributed by atoms with Gasteiger partial charge >= 0.3 is 5.97 Å². The Morgan fingerprint density at radius 3 is 1.81 bits per heavy atom. The Labute approximate surface area is 212 Å². The molecule has 4 rings (SSSR count). The molecule has 0 radical (unpaired) electrons. The van der Waals surface area contributed by atoms with Crippen molar-refractivity contribution >= 4 is 5.97 Å². The van der Waals surface area contributed by atoms with E-state index < -0.39 is 12.1 Å². The van der Waals surface area contributed by atoms with Gasteiger partial charge in [-0.1, -0.05) is 91.0 Å². The maximum atomic E-state index is 13.2. The molecule has 36 heavy (non-hydrogen) atoms. The molecule has 0 aliphatic heterocycles. The van der Waals surface area contributed by atoms with E-state index >= 15 is 0 Å². The Morgan fingerprint density at radius 2 is 1.25 bits per heavy atom. The van der Waals surface area contributed by atoms with Crippen LogP contribution in [0.5, 0.6) is 11.5 Å². The number of carbonyl (C=O) groups excluding carboxylic acids is 1. The molecule has 5 nitrogen and oxygen atoms in total. The zero-order chi connectivity index (χ0) is 25.2. The minimum absolute atomic E-state index is 0.0707. The van der Waals surface area contributed by atoms with E-state index in [0.717, 1.165) is 16.7 Å². The van der Waals surface area contributed by atoms with Crippen molar-refractivity contribution in [2.24, 2.45) is 0 Å². The van der Waals surface area contributed by atoms with Crippen molar-refractivity contribution in [3.05, 3.63) is 131 Å². The van der Waals surface area contributed by atoms with Crippen LogP contribution in [-0.4, -0.2) is 19.1 Å². The van der Waals surface area contributed by atoms with E-state index in [1.54, 1.807) is 18.2 Å². The third-order valence-corrected chi connectivity index (χ3v) is 5.93. The van der Waals surface area contributed by atoms with Crippen molar-refractivity contribution in [3.8, 4) is 11.5 Å². The molecule has 0 saturated carbocycles. The lowest BCUT2D eigenvalue weighted by Crippen LogP contribution is -2.32. The van der Waals surface area contributed by atoms with Crippen molar-refractivity contribution in [1.82, 2.24) is 5.32 Å². The van der Waals surface area contributed by atoms with E-state index in [2.05, 4.69) is 5.32 Å². The van der Waals surface area contributed by atoms with Crippen molar-refractivity contribution in [3.63, 3.8) is 0 Å². The molecule has 0 aromatic heterocycles. The smallest absolute Gasteiger partial charge is 0.338 e. The number of hydrogen-bond donors (Lipinski definition) is 1. The van der Waals surface area contributed by atoms with Crippen LogP contribution in [0, 0.1) is 0 Å². The van der Waals surface area contributed by atoms with Crippen LogP contribution >= 0.6 is 0 Å². The first kappa shape index (κ1) is 25.0. The van der Waals surface area contributed by atoms with Gasteiger partial charge in [0.05, 0.1) is 5.56 Å². The first-order chi connectivity index (χ1) is 17.6. The van der Waals surface area contributed by atoms with Crippen LogP contribution in [0.4, 0.5) is 0 Å². The number of ether oxygens (including phenoxy) is 3. The minimum atomic E-state index is -0.439. The van der Waals surface area contributed by atoms with Gasteiger partial charge in [0.15, 0.2) is 11.5 Å². The largest absolute Gasteiger partial charge is 0.485 e. The second-order valence-corrected chi connectivity index (χ2v) is 8.52. The zero-order valence-electron chi connectivity index (χ0n) is 20.6. The fourth-order valence-electron chi connectivity index (χ4n) is 3.77. The molecular formula is C31H31NO4. The molecule has 1 N–H and O–H groups in total. The Morgan fingerprint density at radius 1 is 0.722 bits per heavy atom. The summed E-state index contributed by atoms with van der Waals surface area (Å²) < 4.78 is 18.1. The second-order valence-electron chi connectivity index (χ2n) is 8.52. The number of hydrogen-bond acceptors (Lipinski definition) is 5. The summed E-state index contributed by atoms with van der Waals surface area (Å²) >= 11 is 0. The first-order valence-corrected chi connectivity index (χ1v) is 12.0. The summed E-state index contributed by atoms with van der Waals surface area (Å²) in [6.07, 6.45) is -0.439. The molecule has 0 aliphatic carbocycles. The lowest BCUT2D eigenvalue weighted by Gasteiger charge is -2.24. The fourth-order valence-corrected chi connectivity index (χ4v) is 3.77. The molecule has 0 heterocycles. The number of benzene rings is 4. The number of rotatable bonds is 11. The maximum Gasteiger partial charge on any atom is 0.338 e. The van der Waals surface area contributed by atoms with Gasteiger partial charge in [0.25, 0.3) is 0 Å². The fraction of sp³-hybridized carbons (Fsp3) is 0.194. The van der Waals surface area contributed by atoms with E-state index in [1.165, 1.54) is 0 Å². The van der Waals surface area contributed by atoms with Crippen LogP contribution in [0.2, 0.25) is 0 Å². The SMILES string of the molecule is CNC(C)C(OC(=O)c1ccc(OCc2ccccc2)c(OCc2ccccc2)c1)c1ccccc1. The molecule has 0 saturated heterocycles. The summed E-state index contributed by atoms with van der Waals surface area (Å²) in [5.74, 6) is 0.627. The second kappa shape index (κ2) is 12.6. The van der Waals surface area contributed by atoms with Crippen LogP contribution in [0.15, 0.2) is 109 Å². The number of carbonyl (C=O) groups is 1. The van der Waals surface area contributed by atoms with E-state index in [4.69, 9.17) is 14.2 Å². The summed E-state index contributed by atoms with van der Waals surface area (Å²) in [6, 6.07) is 34.6. The van der Waals surface area contributed by atoms with Gasteiger partial charge < -0.3 is 19.5 Å². The van der Waals surface area contributed by atoms with Crippen LogP contribution < -0.4 is 14.8 Å². The molecule has 0 spiro atoms. The molecule has 0 aliphatic rings. The van der Waals surface area contributed by atoms with Crippen LogP contribution in [0.1, 0.15) is 40.1 Å². The molecule has 0 amide bonds. The summed E-state index contributed by atoms with van der Waals surface area (Å²) in [5.41, 5.74) is 3.39. The van der Waals surface area contributed by atoms with Crippen LogP contribution in [0.3, 0.4) is 0 Å². The predicted octanol–water partition coefficient (Wildman–Crippen LogP) is 6.35. The van der Waals surface area contributed by atoms with Crippen LogP contribution in [0.25, 0.3) is 0 Å². The molecule has 4 aromatic rings. The van der Waals surface area contributed by atoms with E-state index in [9.17, 15) is 4.79 Å². The Kier molecular flexibility index (Phi) is 8.73. The monoisotopic (exact) mass is 481 g/mol. The highest BCUT2D eigenvalue weighted by Crippen LogP contribution is 2.31. The third-order valence-electron chi connectivity index (χ3n) is 5.93. The quantitative estimate of drug-likeness (QED) is 0.253. The van der Waals surface area contributed by atoms with Gasteiger partial charge in [-0.15, -0.1) is 0 Å². The zero-order valence-corrected chi connectivity index (χ0v) is 20.6. The topological polar surface area (TPSA) is 56.8 Å². The van der Waals surface area contributed by atoms with Crippen molar-refractivity contribution in [2.75, 3.05) is 7.05 Å². The van der Waals surface area contributed by atoms with E-state index in [-0.39, 0.29) is 6.04 Å². The highest BCUT2D eigenvalue weighted by atomic mass is 16.5. The Balaban J connectivity index is 1.55. The highest BCUT2D eigenvalue weighted by molar-refractivity contribution is 5.90. The molecule has 5 heteroatoms. The van der Waals surface area contributed by atoms with Gasteiger partial charge in [0, 0.05) is 6.04 Å². The molecule has 0 fully saturated rings. The summed E-state index contributed by atoms with van der Waals surface area (Å²) in [5, 5.41) is 3.19. The van der Waals surface area contributed by atoms with E-state index in [1.807, 2.05) is 105 Å². The molecule has 184 valence electrons. The van der Waals surface area contributed by atoms with Gasteiger partial charge in [0.1, 0.15) is 19.3 Å². The molecule has 2 atom stereocenters. The summed E-state index contributed by atoms with van der Waals surface area (Å²) in [6.45, 7) is 2.73. The number of esters is 1. The van der Waals surface area contributed by atoms with Gasteiger partial charge in [-0.2, -0.15) is 0 Å². The summed E-state index contributed by atoms with van der Waals surface area (Å²) in [7, 11) is 1.85. The van der Waals surface area contributed by atoms with Crippen molar-refractivity contribution in [2.45, 2.75) is 32.3 Å². The van der Waals surface area contributed by atoms with Gasteiger partial charge in [-0.3, -0.25) is 0 Å². The number of nitrogens with one attached hydrogen (secondary N) is 1. The van der Waals surface area contributed by atoms with Crippen LogP contribution in [-0.2, 0) is 18.0 Å². The lowest BCUT2D eigenvalue weighted by molar-refractivity contribution is 0.0218. The minimum Gasteiger partial charge on any atom is -0.485 e. The lowest BCUT2D eigenvalue weighted by atomic mass is 10.0. The first-order valence-electron chi connectivity index (χ1n) is 12.0. The van der Waals surface area contributed by atoms with Gasteiger partial charge in [-0.05, 0) is 48.9 Å². The normalized spacial score (nSPS) is 12.4. The van der Waals surface area contributed by atoms with Gasteiger partial charge in [0.2, 0.25) is 0 Å². The molecule has 2 unspecified atom stereocenters. The molecule has 4 aromatic carbocycles. The average Bonchev–Trinajstić information content (AvgIpc) is 2.95. The summed E-state index contributed by atoms with van der Waals surface area (Å²) in [4.78, 5) is 13.2. The van der Waals surface area contributed by atoms with Gasteiger partial charge in [-0.25, -0.2) is 4.79 Å². The molecule has 0 bridgehead atoms. The standard InChI is InChI=1S/C31H31NO4/c1-23(32-2)30(26-16-10-5-11-17-26)36-31(33)27-18-19-28(34-21-24-12-6-3-7-13-24)29(20-27)35-22-25-14-8-4-9-15-25/h3-20,23,30,32H,21-22H2,1-2H3. The van der Waals surface area contributed by atoms with Crippen molar-refractivity contribution < 1.29 is 19.0 Å². The van der Waals surface area contributed by atoms with Crippen molar-refractivity contribution in [1.29, 1.82) is 0 Å².